The fourth-order valence-corrected chi connectivity index (χ4v) is 1.57. The number of benzene rings is 1. The van der Waals surface area contributed by atoms with Crippen LogP contribution in [0.1, 0.15) is 19.4 Å². The first-order chi connectivity index (χ1) is 8.76. The maximum Gasteiger partial charge on any atom is 0.321 e. The number of ether oxygens (including phenoxy) is 1. The molecule has 3 N–H and O–H groups in total. The van der Waals surface area contributed by atoms with Crippen LogP contribution in [0.4, 0.5) is 0 Å². The minimum atomic E-state index is -1.33. The standard InChI is InChI=1S/C13H16ClNO4/c1-13(2,10(15)11(16)17)12(18)19-7-8-5-3-4-6-9(8)14/h3-6,10H,7,15H2,1-2H3,(H,16,17)/t10-/m1/s1. The van der Waals surface area contributed by atoms with Gasteiger partial charge < -0.3 is 15.6 Å². The third-order valence-electron chi connectivity index (χ3n) is 2.89. The monoisotopic (exact) mass is 285 g/mol. The Morgan fingerprint density at radius 1 is 1.42 bits per heavy atom. The summed E-state index contributed by atoms with van der Waals surface area (Å²) in [6.07, 6.45) is 0. The van der Waals surface area contributed by atoms with Crippen molar-refractivity contribution in [3.8, 4) is 0 Å². The van der Waals surface area contributed by atoms with Crippen LogP contribution in [0.2, 0.25) is 5.02 Å². The molecule has 0 saturated heterocycles. The zero-order valence-corrected chi connectivity index (χ0v) is 11.5. The summed E-state index contributed by atoms with van der Waals surface area (Å²) in [6, 6.07) is 5.60. The Balaban J connectivity index is 2.70. The van der Waals surface area contributed by atoms with Crippen LogP contribution in [0, 0.1) is 5.41 Å². The molecule has 1 atom stereocenters. The molecule has 0 amide bonds. The van der Waals surface area contributed by atoms with E-state index in [0.717, 1.165) is 0 Å². The van der Waals surface area contributed by atoms with E-state index in [2.05, 4.69) is 0 Å². The summed E-state index contributed by atoms with van der Waals surface area (Å²) in [7, 11) is 0. The van der Waals surface area contributed by atoms with Crippen LogP contribution in [0.15, 0.2) is 24.3 Å². The maximum absolute atomic E-state index is 11.9. The Morgan fingerprint density at radius 2 is 2.00 bits per heavy atom. The van der Waals surface area contributed by atoms with E-state index in [1.807, 2.05) is 0 Å². The van der Waals surface area contributed by atoms with E-state index >= 15 is 0 Å². The summed E-state index contributed by atoms with van der Waals surface area (Å²) in [5, 5.41) is 9.32. The van der Waals surface area contributed by atoms with Crippen LogP contribution < -0.4 is 5.73 Å². The number of hydrogen-bond donors (Lipinski definition) is 2. The summed E-state index contributed by atoms with van der Waals surface area (Å²) < 4.78 is 5.08. The van der Waals surface area contributed by atoms with Crippen molar-refractivity contribution in [1.82, 2.24) is 0 Å². The summed E-state index contributed by atoms with van der Waals surface area (Å²) >= 11 is 5.92. The van der Waals surface area contributed by atoms with Gasteiger partial charge >= 0.3 is 11.9 Å². The van der Waals surface area contributed by atoms with Gasteiger partial charge in [-0.1, -0.05) is 29.8 Å². The molecule has 1 aromatic rings. The van der Waals surface area contributed by atoms with Crippen LogP contribution in [0.3, 0.4) is 0 Å². The number of carbonyl (C=O) groups excluding carboxylic acids is 1. The first-order valence-electron chi connectivity index (χ1n) is 5.66. The first kappa shape index (κ1) is 15.5. The lowest BCUT2D eigenvalue weighted by Crippen LogP contribution is -2.49. The molecule has 0 aromatic heterocycles. The van der Waals surface area contributed by atoms with Crippen LogP contribution in [0.5, 0.6) is 0 Å². The SMILES string of the molecule is CC(C)(C(=O)OCc1ccccc1Cl)[C@H](N)C(=O)O. The van der Waals surface area contributed by atoms with Gasteiger partial charge in [-0.2, -0.15) is 0 Å². The number of carboxylic acids is 1. The molecule has 0 aliphatic heterocycles. The molecule has 0 fully saturated rings. The molecular formula is C13H16ClNO4. The van der Waals surface area contributed by atoms with Crippen molar-refractivity contribution in [3.05, 3.63) is 34.9 Å². The van der Waals surface area contributed by atoms with E-state index in [4.69, 9.17) is 27.2 Å². The van der Waals surface area contributed by atoms with E-state index in [1.165, 1.54) is 13.8 Å². The Kier molecular flexibility index (Phi) is 4.91. The number of aliphatic carboxylic acids is 1. The van der Waals surface area contributed by atoms with Gasteiger partial charge in [-0.15, -0.1) is 0 Å². The molecule has 1 rings (SSSR count). The molecule has 0 radical (unpaired) electrons. The van der Waals surface area contributed by atoms with E-state index < -0.39 is 23.4 Å². The molecule has 0 aliphatic rings. The largest absolute Gasteiger partial charge is 0.480 e. The quantitative estimate of drug-likeness (QED) is 0.806. The molecule has 0 unspecified atom stereocenters. The topological polar surface area (TPSA) is 89.6 Å². The van der Waals surface area contributed by atoms with Gasteiger partial charge in [0.05, 0.1) is 5.41 Å². The Morgan fingerprint density at radius 3 is 2.53 bits per heavy atom. The van der Waals surface area contributed by atoms with Crippen molar-refractivity contribution in [2.24, 2.45) is 11.1 Å². The summed E-state index contributed by atoms with van der Waals surface area (Å²) in [6.45, 7) is 2.84. The number of hydrogen-bond acceptors (Lipinski definition) is 4. The Hall–Kier alpha value is -1.59. The van der Waals surface area contributed by atoms with Crippen LogP contribution in [-0.4, -0.2) is 23.1 Å². The van der Waals surface area contributed by atoms with E-state index in [-0.39, 0.29) is 6.61 Å². The van der Waals surface area contributed by atoms with Gasteiger partial charge in [-0.3, -0.25) is 9.59 Å². The second-order valence-corrected chi connectivity index (χ2v) is 5.11. The normalized spacial score (nSPS) is 12.8. The minimum Gasteiger partial charge on any atom is -0.480 e. The summed E-state index contributed by atoms with van der Waals surface area (Å²) in [4.78, 5) is 22.7. The molecule has 19 heavy (non-hydrogen) atoms. The van der Waals surface area contributed by atoms with Crippen LogP contribution >= 0.6 is 11.6 Å². The minimum absolute atomic E-state index is 0.0196. The average Bonchev–Trinajstić information content (AvgIpc) is 2.36. The van der Waals surface area contributed by atoms with Crippen molar-refractivity contribution < 1.29 is 19.4 Å². The molecule has 6 heteroatoms. The first-order valence-corrected chi connectivity index (χ1v) is 6.03. The van der Waals surface area contributed by atoms with E-state index in [1.54, 1.807) is 24.3 Å². The van der Waals surface area contributed by atoms with Crippen molar-refractivity contribution in [2.45, 2.75) is 26.5 Å². The highest BCUT2D eigenvalue weighted by atomic mass is 35.5. The fourth-order valence-electron chi connectivity index (χ4n) is 1.38. The van der Waals surface area contributed by atoms with Crippen molar-refractivity contribution in [3.63, 3.8) is 0 Å². The molecular weight excluding hydrogens is 270 g/mol. The van der Waals surface area contributed by atoms with E-state index in [9.17, 15) is 9.59 Å². The van der Waals surface area contributed by atoms with Crippen molar-refractivity contribution >= 4 is 23.5 Å². The zero-order chi connectivity index (χ0) is 14.6. The highest BCUT2D eigenvalue weighted by molar-refractivity contribution is 6.31. The van der Waals surface area contributed by atoms with Gasteiger partial charge in [0, 0.05) is 10.6 Å². The molecule has 5 nitrogen and oxygen atoms in total. The van der Waals surface area contributed by atoms with Gasteiger partial charge in [0.25, 0.3) is 0 Å². The highest BCUT2D eigenvalue weighted by Gasteiger charge is 2.40. The Labute approximate surface area is 116 Å². The third kappa shape index (κ3) is 3.68. The lowest BCUT2D eigenvalue weighted by atomic mass is 9.85. The molecule has 0 aliphatic carbocycles. The van der Waals surface area contributed by atoms with Gasteiger partial charge in [0.1, 0.15) is 12.6 Å². The average molecular weight is 286 g/mol. The highest BCUT2D eigenvalue weighted by Crippen LogP contribution is 2.23. The van der Waals surface area contributed by atoms with Gasteiger partial charge in [-0.05, 0) is 19.9 Å². The molecule has 104 valence electrons. The maximum atomic E-state index is 11.9. The Bertz CT molecular complexity index is 487. The second kappa shape index (κ2) is 6.04. The van der Waals surface area contributed by atoms with Crippen LogP contribution in [0.25, 0.3) is 0 Å². The smallest absolute Gasteiger partial charge is 0.321 e. The lowest BCUT2D eigenvalue weighted by molar-refractivity contribution is -0.161. The number of nitrogens with two attached hydrogens (primary N) is 1. The summed E-state index contributed by atoms with van der Waals surface area (Å²) in [5.74, 6) is -1.93. The number of rotatable bonds is 5. The molecule has 0 bridgehead atoms. The number of carboxylic acid groups (broad SMARTS) is 1. The third-order valence-corrected chi connectivity index (χ3v) is 3.25. The second-order valence-electron chi connectivity index (χ2n) is 4.71. The molecule has 0 saturated carbocycles. The number of carbonyl (C=O) groups is 2. The number of halogens is 1. The van der Waals surface area contributed by atoms with Crippen LogP contribution in [-0.2, 0) is 20.9 Å². The van der Waals surface area contributed by atoms with Crippen molar-refractivity contribution in [2.75, 3.05) is 0 Å². The van der Waals surface area contributed by atoms with Gasteiger partial charge in [-0.25, -0.2) is 0 Å². The molecule has 1 aromatic carbocycles. The summed E-state index contributed by atoms with van der Waals surface area (Å²) in [5.41, 5.74) is 4.81. The molecule has 0 heterocycles. The predicted molar refractivity (Wildman–Crippen MR) is 70.6 cm³/mol. The van der Waals surface area contributed by atoms with Gasteiger partial charge in [0.15, 0.2) is 0 Å². The van der Waals surface area contributed by atoms with E-state index in [0.29, 0.717) is 10.6 Å². The fraction of sp³-hybridized carbons (Fsp3) is 0.385. The zero-order valence-electron chi connectivity index (χ0n) is 10.7. The lowest BCUT2D eigenvalue weighted by Gasteiger charge is -2.26. The van der Waals surface area contributed by atoms with Crippen molar-refractivity contribution in [1.29, 1.82) is 0 Å². The number of esters is 1. The predicted octanol–water partition coefficient (Wildman–Crippen LogP) is 1.82. The molecule has 0 spiro atoms. The van der Waals surface area contributed by atoms with Gasteiger partial charge in [0.2, 0.25) is 0 Å².